The molecule has 0 fully saturated rings. The summed E-state index contributed by atoms with van der Waals surface area (Å²) in [5.41, 5.74) is 1.77. The first-order valence-electron chi connectivity index (χ1n) is 9.03. The lowest BCUT2D eigenvalue weighted by Crippen LogP contribution is -2.30. The predicted octanol–water partition coefficient (Wildman–Crippen LogP) is 3.50. The summed E-state index contributed by atoms with van der Waals surface area (Å²) in [5, 5.41) is 17.6. The maximum absolute atomic E-state index is 10.8. The summed E-state index contributed by atoms with van der Waals surface area (Å²) in [4.78, 5) is 18.7. The molecule has 0 amide bonds. The monoisotopic (exact) mass is 457 g/mol. The van der Waals surface area contributed by atoms with E-state index in [0.29, 0.717) is 29.7 Å². The number of halogens is 1. The van der Waals surface area contributed by atoms with Crippen molar-refractivity contribution >= 4 is 35.1 Å². The summed E-state index contributed by atoms with van der Waals surface area (Å²) < 4.78 is 5.30. The maximum atomic E-state index is 10.8. The van der Waals surface area contributed by atoms with Crippen LogP contribution in [0.3, 0.4) is 0 Å². The van der Waals surface area contributed by atoms with Crippen molar-refractivity contribution in [3.8, 4) is 0 Å². The van der Waals surface area contributed by atoms with E-state index >= 15 is 0 Å². The molecule has 0 radical (unpaired) electrons. The molecule has 0 bridgehead atoms. The SMILES string of the molecule is Cc1ncoc1CCSCCNC(=C[N+](=O)[O-])NCCSCc1ncccc1Cl. The fraction of sp³-hybridized carbons (Fsp3) is 0.444. The lowest BCUT2D eigenvalue weighted by molar-refractivity contribution is -0.404. The smallest absolute Gasteiger partial charge is 0.274 e. The average molecular weight is 458 g/mol. The Hall–Kier alpha value is -1.91. The molecule has 0 spiro atoms. The van der Waals surface area contributed by atoms with Crippen molar-refractivity contribution in [2.24, 2.45) is 0 Å². The molecular formula is C18H24ClN5O3S2. The molecule has 2 N–H and O–H groups in total. The number of nitro groups is 1. The van der Waals surface area contributed by atoms with Gasteiger partial charge in [0.2, 0.25) is 0 Å². The third kappa shape index (κ3) is 9.42. The van der Waals surface area contributed by atoms with Gasteiger partial charge in [-0.3, -0.25) is 15.1 Å². The molecule has 2 aromatic rings. The first-order valence-corrected chi connectivity index (χ1v) is 11.7. The first kappa shape index (κ1) is 23.4. The van der Waals surface area contributed by atoms with Crippen LogP contribution >= 0.6 is 35.1 Å². The minimum absolute atomic E-state index is 0.415. The Morgan fingerprint density at radius 1 is 1.28 bits per heavy atom. The quantitative estimate of drug-likeness (QED) is 0.250. The Morgan fingerprint density at radius 3 is 2.69 bits per heavy atom. The van der Waals surface area contributed by atoms with Crippen LogP contribution in [0.2, 0.25) is 5.02 Å². The summed E-state index contributed by atoms with van der Waals surface area (Å²) in [5.74, 6) is 4.53. The highest BCUT2D eigenvalue weighted by Crippen LogP contribution is 2.18. The van der Waals surface area contributed by atoms with Crippen LogP contribution in [0.4, 0.5) is 0 Å². The van der Waals surface area contributed by atoms with Crippen LogP contribution in [0.1, 0.15) is 17.1 Å². The van der Waals surface area contributed by atoms with E-state index in [1.807, 2.05) is 13.0 Å². The second-order valence-electron chi connectivity index (χ2n) is 5.89. The van der Waals surface area contributed by atoms with E-state index in [4.69, 9.17) is 16.0 Å². The number of hydrogen-bond donors (Lipinski definition) is 2. The second kappa shape index (κ2) is 13.3. The molecule has 0 aliphatic heterocycles. The number of oxazole rings is 1. The fourth-order valence-electron chi connectivity index (χ4n) is 2.30. The summed E-state index contributed by atoms with van der Waals surface area (Å²) in [7, 11) is 0. The van der Waals surface area contributed by atoms with Crippen molar-refractivity contribution in [2.45, 2.75) is 19.1 Å². The number of aryl methyl sites for hydroxylation is 2. The van der Waals surface area contributed by atoms with Crippen molar-refractivity contribution in [2.75, 3.05) is 30.3 Å². The molecule has 0 unspecified atom stereocenters. The van der Waals surface area contributed by atoms with E-state index in [1.165, 1.54) is 6.39 Å². The van der Waals surface area contributed by atoms with Crippen LogP contribution in [0.5, 0.6) is 0 Å². The number of rotatable bonds is 14. The number of nitrogens with one attached hydrogen (secondary N) is 2. The van der Waals surface area contributed by atoms with Gasteiger partial charge in [0.05, 0.1) is 21.3 Å². The van der Waals surface area contributed by atoms with Gasteiger partial charge in [-0.1, -0.05) is 11.6 Å². The van der Waals surface area contributed by atoms with Gasteiger partial charge in [0.15, 0.2) is 12.2 Å². The molecule has 0 atom stereocenters. The van der Waals surface area contributed by atoms with E-state index in [1.54, 1.807) is 35.8 Å². The zero-order chi connectivity index (χ0) is 20.9. The van der Waals surface area contributed by atoms with Gasteiger partial charge in [0, 0.05) is 48.7 Å². The third-order valence-electron chi connectivity index (χ3n) is 3.75. The Balaban J connectivity index is 1.60. The standard InChI is InChI=1S/C18H24ClN5O3S2/c1-14-17(27-13-23-14)4-8-28-9-6-21-18(11-24(25)26)22-7-10-29-12-16-15(19)3-2-5-20-16/h2-3,5,11,13,21-22H,4,6-10,12H2,1H3. The van der Waals surface area contributed by atoms with Crippen LogP contribution in [0.25, 0.3) is 0 Å². The van der Waals surface area contributed by atoms with E-state index in [0.717, 1.165) is 47.0 Å². The van der Waals surface area contributed by atoms with Gasteiger partial charge >= 0.3 is 0 Å². The molecule has 0 aliphatic rings. The molecule has 158 valence electrons. The van der Waals surface area contributed by atoms with Gasteiger partial charge in [-0.25, -0.2) is 4.98 Å². The third-order valence-corrected chi connectivity index (χ3v) is 6.05. The molecule has 11 heteroatoms. The number of thioether (sulfide) groups is 2. The Labute approximate surface area is 183 Å². The average Bonchev–Trinajstić information content (AvgIpc) is 3.09. The van der Waals surface area contributed by atoms with E-state index < -0.39 is 4.92 Å². The molecule has 0 saturated carbocycles. The molecule has 2 heterocycles. The largest absolute Gasteiger partial charge is 0.448 e. The highest BCUT2D eigenvalue weighted by atomic mass is 35.5. The highest BCUT2D eigenvalue weighted by molar-refractivity contribution is 7.99. The van der Waals surface area contributed by atoms with E-state index in [9.17, 15) is 10.1 Å². The van der Waals surface area contributed by atoms with Gasteiger partial charge in [-0.2, -0.15) is 23.5 Å². The van der Waals surface area contributed by atoms with E-state index in [2.05, 4.69) is 20.6 Å². The predicted molar refractivity (Wildman–Crippen MR) is 119 cm³/mol. The molecule has 2 rings (SSSR count). The molecule has 0 aliphatic carbocycles. The molecule has 2 aromatic heterocycles. The second-order valence-corrected chi connectivity index (χ2v) is 8.63. The van der Waals surface area contributed by atoms with Crippen molar-refractivity contribution in [3.63, 3.8) is 0 Å². The van der Waals surface area contributed by atoms with Crippen LogP contribution in [-0.2, 0) is 12.2 Å². The van der Waals surface area contributed by atoms with Gasteiger partial charge in [0.1, 0.15) is 5.76 Å². The fourth-order valence-corrected chi connectivity index (χ4v) is 4.16. The van der Waals surface area contributed by atoms with Crippen LogP contribution in [0, 0.1) is 17.0 Å². The topological polar surface area (TPSA) is 106 Å². The lowest BCUT2D eigenvalue weighted by Gasteiger charge is -2.11. The maximum Gasteiger partial charge on any atom is 0.274 e. The van der Waals surface area contributed by atoms with Crippen LogP contribution < -0.4 is 10.6 Å². The number of hydrogen-bond acceptors (Lipinski definition) is 9. The summed E-state index contributed by atoms with van der Waals surface area (Å²) in [6.07, 6.45) is 4.96. The minimum atomic E-state index is -0.462. The molecular weight excluding hydrogens is 434 g/mol. The molecule has 29 heavy (non-hydrogen) atoms. The molecule has 0 aromatic carbocycles. The van der Waals surface area contributed by atoms with Crippen LogP contribution in [0.15, 0.2) is 41.2 Å². The summed E-state index contributed by atoms with van der Waals surface area (Å²) in [6, 6.07) is 3.61. The Morgan fingerprint density at radius 2 is 2.03 bits per heavy atom. The minimum Gasteiger partial charge on any atom is -0.448 e. The van der Waals surface area contributed by atoms with Crippen molar-refractivity contribution in [3.05, 3.63) is 69.0 Å². The van der Waals surface area contributed by atoms with Gasteiger partial charge in [-0.15, -0.1) is 0 Å². The Bertz CT molecular complexity index is 803. The van der Waals surface area contributed by atoms with Gasteiger partial charge < -0.3 is 15.1 Å². The van der Waals surface area contributed by atoms with Gasteiger partial charge in [0.25, 0.3) is 6.20 Å². The number of nitrogens with zero attached hydrogens (tertiary/aromatic N) is 3. The summed E-state index contributed by atoms with van der Waals surface area (Å²) in [6.45, 7) is 3.15. The lowest BCUT2D eigenvalue weighted by atomic mass is 10.3. The molecule has 8 nitrogen and oxygen atoms in total. The normalized spacial score (nSPS) is 11.4. The zero-order valence-corrected chi connectivity index (χ0v) is 18.5. The molecule has 0 saturated heterocycles. The summed E-state index contributed by atoms with van der Waals surface area (Å²) >= 11 is 9.50. The highest BCUT2D eigenvalue weighted by Gasteiger charge is 2.05. The zero-order valence-electron chi connectivity index (χ0n) is 16.1. The number of aromatic nitrogens is 2. The van der Waals surface area contributed by atoms with Crippen molar-refractivity contribution < 1.29 is 9.34 Å². The van der Waals surface area contributed by atoms with Gasteiger partial charge in [-0.05, 0) is 19.1 Å². The van der Waals surface area contributed by atoms with Crippen molar-refractivity contribution in [1.29, 1.82) is 0 Å². The number of pyridine rings is 1. The van der Waals surface area contributed by atoms with E-state index in [-0.39, 0.29) is 0 Å². The van der Waals surface area contributed by atoms with Crippen molar-refractivity contribution in [1.82, 2.24) is 20.6 Å². The van der Waals surface area contributed by atoms with Crippen LogP contribution in [-0.4, -0.2) is 45.2 Å². The first-order chi connectivity index (χ1) is 14.1. The Kier molecular flexibility index (Phi) is 10.7.